The molecule has 0 aliphatic rings. The van der Waals surface area contributed by atoms with E-state index in [4.69, 9.17) is 0 Å². The Hall–Kier alpha value is -2.59. The Morgan fingerprint density at radius 3 is 2.08 bits per heavy atom. The molecule has 0 fully saturated rings. The second-order valence-corrected chi connectivity index (χ2v) is 6.87. The first-order chi connectivity index (χ1) is 12.2. The molecular weight excluding hydrogens is 328 g/mol. The zero-order valence-electron chi connectivity index (χ0n) is 14.1. The van der Waals surface area contributed by atoms with E-state index in [2.05, 4.69) is 34.6 Å². The lowest BCUT2D eigenvalue weighted by atomic mass is 10.0. The van der Waals surface area contributed by atoms with E-state index in [9.17, 15) is 4.79 Å². The molecular formula is C21H20N2OS. The van der Waals surface area contributed by atoms with Gasteiger partial charge in [0, 0.05) is 6.20 Å². The Labute approximate surface area is 152 Å². The van der Waals surface area contributed by atoms with E-state index >= 15 is 0 Å². The van der Waals surface area contributed by atoms with Gasteiger partial charge in [-0.3, -0.25) is 4.79 Å². The van der Waals surface area contributed by atoms with Crippen molar-refractivity contribution >= 4 is 23.5 Å². The third-order valence-corrected chi connectivity index (χ3v) is 5.07. The summed E-state index contributed by atoms with van der Waals surface area (Å²) < 4.78 is 0. The number of hydrogen-bond acceptors (Lipinski definition) is 3. The lowest BCUT2D eigenvalue weighted by Gasteiger charge is -2.17. The summed E-state index contributed by atoms with van der Waals surface area (Å²) in [6.07, 6.45) is 1.75. The predicted octanol–water partition coefficient (Wildman–Crippen LogP) is 4.85. The average molecular weight is 348 g/mol. The molecule has 3 rings (SSSR count). The molecule has 0 bridgehead atoms. The number of aromatic nitrogens is 1. The number of anilines is 1. The number of hydrogen-bond donors (Lipinski definition) is 1. The summed E-state index contributed by atoms with van der Waals surface area (Å²) in [7, 11) is 0. The van der Waals surface area contributed by atoms with Crippen molar-refractivity contribution in [3.8, 4) is 0 Å². The first kappa shape index (κ1) is 17.2. The predicted molar refractivity (Wildman–Crippen MR) is 105 cm³/mol. The number of amides is 1. The second kappa shape index (κ2) is 8.49. The topological polar surface area (TPSA) is 42.0 Å². The van der Waals surface area contributed by atoms with E-state index in [1.807, 2.05) is 55.5 Å². The van der Waals surface area contributed by atoms with Crippen molar-refractivity contribution in [2.75, 3.05) is 11.1 Å². The van der Waals surface area contributed by atoms with Crippen LogP contribution in [0.4, 0.5) is 5.82 Å². The highest BCUT2D eigenvalue weighted by atomic mass is 32.2. The summed E-state index contributed by atoms with van der Waals surface area (Å²) >= 11 is 1.62. The third-order valence-electron chi connectivity index (χ3n) is 3.76. The van der Waals surface area contributed by atoms with Crippen LogP contribution < -0.4 is 5.32 Å². The van der Waals surface area contributed by atoms with E-state index < -0.39 is 0 Å². The van der Waals surface area contributed by atoms with Gasteiger partial charge in [0.25, 0.3) is 0 Å². The van der Waals surface area contributed by atoms with E-state index in [0.29, 0.717) is 11.6 Å². The minimum absolute atomic E-state index is 0.0433. The van der Waals surface area contributed by atoms with Crippen LogP contribution in [0.1, 0.15) is 21.9 Å². The lowest BCUT2D eigenvalue weighted by Crippen LogP contribution is -2.16. The molecule has 0 saturated heterocycles. The van der Waals surface area contributed by atoms with Gasteiger partial charge in [0.15, 0.2) is 0 Å². The quantitative estimate of drug-likeness (QED) is 0.692. The summed E-state index contributed by atoms with van der Waals surface area (Å²) in [5.74, 6) is 0.912. The Morgan fingerprint density at radius 1 is 0.960 bits per heavy atom. The molecule has 1 heterocycles. The Kier molecular flexibility index (Phi) is 5.86. The number of carbonyl (C=O) groups excluding carboxylic acids is 1. The normalized spacial score (nSPS) is 10.6. The molecule has 0 spiro atoms. The van der Waals surface area contributed by atoms with Crippen molar-refractivity contribution in [1.29, 1.82) is 0 Å². The third kappa shape index (κ3) is 4.94. The van der Waals surface area contributed by atoms with Crippen LogP contribution in [0.15, 0.2) is 79.0 Å². The van der Waals surface area contributed by atoms with Crippen LogP contribution in [-0.2, 0) is 4.79 Å². The number of benzene rings is 2. The van der Waals surface area contributed by atoms with Gasteiger partial charge in [0.05, 0.1) is 11.0 Å². The monoisotopic (exact) mass is 348 g/mol. The number of aryl methyl sites for hydroxylation is 1. The molecule has 2 aromatic carbocycles. The SMILES string of the molecule is Cc1ccc(NC(=O)CSC(c2ccccc2)c2ccccc2)nc1. The Balaban J connectivity index is 1.68. The highest BCUT2D eigenvalue weighted by Crippen LogP contribution is 2.35. The Bertz CT molecular complexity index is 765. The van der Waals surface area contributed by atoms with Gasteiger partial charge < -0.3 is 5.32 Å². The molecule has 3 nitrogen and oxygen atoms in total. The summed E-state index contributed by atoms with van der Waals surface area (Å²) in [4.78, 5) is 16.5. The standard InChI is InChI=1S/C21H20N2OS/c1-16-12-13-19(22-14-16)23-20(24)15-25-21(17-8-4-2-5-9-17)18-10-6-3-7-11-18/h2-14,21H,15H2,1H3,(H,22,23,24). The highest BCUT2D eigenvalue weighted by molar-refractivity contribution is 8.00. The smallest absolute Gasteiger partial charge is 0.235 e. The summed E-state index contributed by atoms with van der Waals surface area (Å²) in [6, 6.07) is 24.3. The van der Waals surface area contributed by atoms with Crippen molar-refractivity contribution < 1.29 is 4.79 Å². The zero-order chi connectivity index (χ0) is 17.5. The van der Waals surface area contributed by atoms with Gasteiger partial charge in [0.2, 0.25) is 5.91 Å². The van der Waals surface area contributed by atoms with Gasteiger partial charge in [-0.2, -0.15) is 0 Å². The molecule has 0 saturated carbocycles. The largest absolute Gasteiger partial charge is 0.310 e. The van der Waals surface area contributed by atoms with E-state index in [0.717, 1.165) is 5.56 Å². The summed E-state index contributed by atoms with van der Waals surface area (Å²) in [5, 5.41) is 2.98. The van der Waals surface area contributed by atoms with Crippen molar-refractivity contribution in [2.45, 2.75) is 12.2 Å². The average Bonchev–Trinajstić information content (AvgIpc) is 2.66. The molecule has 0 radical (unpaired) electrons. The van der Waals surface area contributed by atoms with Crippen molar-refractivity contribution in [3.63, 3.8) is 0 Å². The van der Waals surface area contributed by atoms with Crippen LogP contribution >= 0.6 is 11.8 Å². The van der Waals surface area contributed by atoms with Gasteiger partial charge in [-0.25, -0.2) is 4.98 Å². The lowest BCUT2D eigenvalue weighted by molar-refractivity contribution is -0.113. The second-order valence-electron chi connectivity index (χ2n) is 5.78. The maximum Gasteiger partial charge on any atom is 0.235 e. The molecule has 4 heteroatoms. The number of pyridine rings is 1. The Morgan fingerprint density at radius 2 is 1.56 bits per heavy atom. The van der Waals surface area contributed by atoms with Crippen LogP contribution in [0.25, 0.3) is 0 Å². The van der Waals surface area contributed by atoms with Crippen molar-refractivity contribution in [1.82, 2.24) is 4.98 Å². The first-order valence-corrected chi connectivity index (χ1v) is 9.21. The van der Waals surface area contributed by atoms with Crippen LogP contribution in [0.5, 0.6) is 0 Å². The van der Waals surface area contributed by atoms with Gasteiger partial charge in [-0.1, -0.05) is 66.7 Å². The van der Waals surface area contributed by atoms with Gasteiger partial charge in [-0.15, -0.1) is 11.8 Å². The minimum Gasteiger partial charge on any atom is -0.310 e. The fraction of sp³-hybridized carbons (Fsp3) is 0.143. The van der Waals surface area contributed by atoms with Crippen molar-refractivity contribution in [2.24, 2.45) is 0 Å². The number of thioether (sulfide) groups is 1. The van der Waals surface area contributed by atoms with Crippen LogP contribution in [0, 0.1) is 6.92 Å². The van der Waals surface area contributed by atoms with E-state index in [1.165, 1.54) is 11.1 Å². The fourth-order valence-electron chi connectivity index (χ4n) is 2.52. The fourth-order valence-corrected chi connectivity index (χ4v) is 3.61. The van der Waals surface area contributed by atoms with Crippen molar-refractivity contribution in [3.05, 3.63) is 95.7 Å². The minimum atomic E-state index is -0.0433. The van der Waals surface area contributed by atoms with Gasteiger partial charge >= 0.3 is 0 Å². The van der Waals surface area contributed by atoms with Crippen LogP contribution in [0.2, 0.25) is 0 Å². The number of nitrogens with one attached hydrogen (secondary N) is 1. The molecule has 0 atom stereocenters. The van der Waals surface area contributed by atoms with Crippen LogP contribution in [-0.4, -0.2) is 16.6 Å². The number of rotatable bonds is 6. The molecule has 1 amide bonds. The number of carbonyl (C=O) groups is 1. The molecule has 0 aliphatic carbocycles. The zero-order valence-corrected chi connectivity index (χ0v) is 14.9. The maximum atomic E-state index is 12.3. The molecule has 1 aromatic heterocycles. The van der Waals surface area contributed by atoms with E-state index in [1.54, 1.807) is 18.0 Å². The number of nitrogens with zero attached hydrogens (tertiary/aromatic N) is 1. The summed E-state index contributed by atoms with van der Waals surface area (Å²) in [5.41, 5.74) is 3.46. The van der Waals surface area contributed by atoms with Gasteiger partial charge in [0.1, 0.15) is 5.82 Å². The molecule has 1 N–H and O–H groups in total. The molecule has 126 valence electrons. The maximum absolute atomic E-state index is 12.3. The first-order valence-electron chi connectivity index (χ1n) is 8.16. The molecule has 0 unspecified atom stereocenters. The molecule has 3 aromatic rings. The summed E-state index contributed by atoms with van der Waals surface area (Å²) in [6.45, 7) is 1.97. The van der Waals surface area contributed by atoms with Crippen LogP contribution in [0.3, 0.4) is 0 Å². The van der Waals surface area contributed by atoms with E-state index in [-0.39, 0.29) is 11.2 Å². The highest BCUT2D eigenvalue weighted by Gasteiger charge is 2.16. The molecule has 0 aliphatic heterocycles. The molecule has 25 heavy (non-hydrogen) atoms. The van der Waals surface area contributed by atoms with Gasteiger partial charge in [-0.05, 0) is 29.7 Å².